The van der Waals surface area contributed by atoms with Gasteiger partial charge in [0.15, 0.2) is 5.65 Å². The van der Waals surface area contributed by atoms with Crippen molar-refractivity contribution >= 4 is 11.6 Å². The van der Waals surface area contributed by atoms with Crippen molar-refractivity contribution in [3.63, 3.8) is 0 Å². The number of carbonyl (C=O) groups excluding carboxylic acids is 1. The first-order valence-electron chi connectivity index (χ1n) is 8.05. The Bertz CT molecular complexity index is 955. The van der Waals surface area contributed by atoms with Gasteiger partial charge in [-0.2, -0.15) is 0 Å². The molecule has 0 fully saturated rings. The van der Waals surface area contributed by atoms with E-state index in [0.717, 1.165) is 21.4 Å². The van der Waals surface area contributed by atoms with Gasteiger partial charge in [-0.25, -0.2) is 13.9 Å². The van der Waals surface area contributed by atoms with Crippen molar-refractivity contribution in [1.82, 2.24) is 19.5 Å². The number of nitrogens with one attached hydrogen (secondary N) is 1. The van der Waals surface area contributed by atoms with Crippen molar-refractivity contribution < 1.29 is 9.90 Å². The van der Waals surface area contributed by atoms with E-state index in [4.69, 9.17) is 0 Å². The van der Waals surface area contributed by atoms with Crippen LogP contribution in [0.15, 0.2) is 47.4 Å². The molecule has 1 unspecified atom stereocenters. The maximum atomic E-state index is 12.5. The van der Waals surface area contributed by atoms with E-state index in [-0.39, 0.29) is 24.7 Å². The molecule has 0 aliphatic carbocycles. The zero-order chi connectivity index (χ0) is 18.0. The minimum Gasteiger partial charge on any atom is -0.392 e. The van der Waals surface area contributed by atoms with E-state index in [1.54, 1.807) is 19.2 Å². The first kappa shape index (κ1) is 16.9. The lowest BCUT2D eigenvalue weighted by Gasteiger charge is -2.06. The number of benzene rings is 1. The number of amides is 1. The molecule has 0 aliphatic rings. The number of aliphatic hydroxyl groups excluding tert-OH is 1. The van der Waals surface area contributed by atoms with Crippen LogP contribution in [0, 0.1) is 6.92 Å². The topological polar surface area (TPSA) is 88.6 Å². The van der Waals surface area contributed by atoms with Crippen molar-refractivity contribution in [2.24, 2.45) is 0 Å². The molecular formula is C18H20N4O3. The van der Waals surface area contributed by atoms with Crippen LogP contribution in [0.1, 0.15) is 12.5 Å². The van der Waals surface area contributed by atoms with Gasteiger partial charge in [0.05, 0.1) is 6.10 Å². The summed E-state index contributed by atoms with van der Waals surface area (Å²) in [5.41, 5.74) is 3.16. The molecule has 25 heavy (non-hydrogen) atoms. The zero-order valence-electron chi connectivity index (χ0n) is 14.1. The first-order valence-corrected chi connectivity index (χ1v) is 8.05. The molecule has 2 N–H and O–H groups in total. The number of aliphatic hydroxyl groups is 1. The van der Waals surface area contributed by atoms with E-state index in [1.165, 1.54) is 4.40 Å². The van der Waals surface area contributed by atoms with E-state index >= 15 is 0 Å². The highest BCUT2D eigenvalue weighted by molar-refractivity contribution is 5.75. The van der Waals surface area contributed by atoms with Crippen molar-refractivity contribution in [2.45, 2.75) is 26.5 Å². The third-order valence-electron chi connectivity index (χ3n) is 3.85. The molecule has 0 spiro atoms. The molecule has 1 aromatic carbocycles. The summed E-state index contributed by atoms with van der Waals surface area (Å²) in [4.78, 5) is 24.3. The number of aromatic nitrogens is 3. The van der Waals surface area contributed by atoms with E-state index in [1.807, 2.05) is 37.3 Å². The van der Waals surface area contributed by atoms with Crippen molar-refractivity contribution in [3.05, 3.63) is 58.6 Å². The smallest absolute Gasteiger partial charge is 0.350 e. The fourth-order valence-corrected chi connectivity index (χ4v) is 2.49. The van der Waals surface area contributed by atoms with Crippen LogP contribution in [-0.4, -0.2) is 37.8 Å². The predicted octanol–water partition coefficient (Wildman–Crippen LogP) is 0.968. The van der Waals surface area contributed by atoms with Gasteiger partial charge in [0.2, 0.25) is 5.91 Å². The minimum atomic E-state index is -0.640. The van der Waals surface area contributed by atoms with Gasteiger partial charge in [-0.3, -0.25) is 4.79 Å². The monoisotopic (exact) mass is 340 g/mol. The number of carbonyl (C=O) groups is 1. The van der Waals surface area contributed by atoms with Crippen LogP contribution in [0.2, 0.25) is 0 Å². The highest BCUT2D eigenvalue weighted by atomic mass is 16.3. The first-order chi connectivity index (χ1) is 11.9. The van der Waals surface area contributed by atoms with E-state index in [0.29, 0.717) is 5.65 Å². The maximum absolute atomic E-state index is 12.5. The van der Waals surface area contributed by atoms with Crippen molar-refractivity contribution in [3.8, 4) is 11.1 Å². The molecule has 0 saturated carbocycles. The highest BCUT2D eigenvalue weighted by Crippen LogP contribution is 2.19. The molecule has 7 heteroatoms. The Labute approximate surface area is 144 Å². The summed E-state index contributed by atoms with van der Waals surface area (Å²) in [7, 11) is 0. The molecule has 0 radical (unpaired) electrons. The number of pyridine rings is 1. The summed E-state index contributed by atoms with van der Waals surface area (Å²) in [5.74, 6) is -0.370. The lowest BCUT2D eigenvalue weighted by Crippen LogP contribution is -2.36. The second-order valence-electron chi connectivity index (χ2n) is 6.11. The fourth-order valence-electron chi connectivity index (χ4n) is 2.49. The lowest BCUT2D eigenvalue weighted by molar-refractivity contribution is -0.122. The van der Waals surface area contributed by atoms with Crippen LogP contribution in [0.25, 0.3) is 16.8 Å². The molecule has 7 nitrogen and oxygen atoms in total. The average Bonchev–Trinajstić information content (AvgIpc) is 2.89. The summed E-state index contributed by atoms with van der Waals surface area (Å²) < 4.78 is 2.54. The van der Waals surface area contributed by atoms with Gasteiger partial charge in [-0.05, 0) is 37.1 Å². The SMILES string of the molecule is Cc1ccc(-c2ccc3nn(CC(=O)NCC(C)O)c(=O)n3c2)cc1. The third-order valence-corrected chi connectivity index (χ3v) is 3.85. The molecule has 0 aliphatic heterocycles. The predicted molar refractivity (Wildman–Crippen MR) is 94.3 cm³/mol. The normalized spacial score (nSPS) is 12.3. The summed E-state index contributed by atoms with van der Waals surface area (Å²) >= 11 is 0. The molecule has 1 atom stereocenters. The molecule has 3 rings (SSSR count). The Morgan fingerprint density at radius 3 is 2.56 bits per heavy atom. The second-order valence-corrected chi connectivity index (χ2v) is 6.11. The Hall–Kier alpha value is -2.93. The standard InChI is InChI=1S/C18H20N4O3/c1-12-3-5-14(6-4-12)15-7-8-16-20-22(18(25)21(16)10-15)11-17(24)19-9-13(2)23/h3-8,10,13,23H,9,11H2,1-2H3,(H,19,24). The van der Waals surface area contributed by atoms with Crippen LogP contribution in [0.4, 0.5) is 0 Å². The van der Waals surface area contributed by atoms with Crippen LogP contribution >= 0.6 is 0 Å². The number of hydrogen-bond acceptors (Lipinski definition) is 4. The Balaban J connectivity index is 1.88. The number of aryl methyl sites for hydroxylation is 1. The van der Waals surface area contributed by atoms with Gasteiger partial charge in [-0.1, -0.05) is 29.8 Å². The summed E-state index contributed by atoms with van der Waals surface area (Å²) in [6.45, 7) is 3.54. The molecule has 130 valence electrons. The van der Waals surface area contributed by atoms with Gasteiger partial charge in [0, 0.05) is 12.7 Å². The van der Waals surface area contributed by atoms with E-state index in [9.17, 15) is 14.7 Å². The zero-order valence-corrected chi connectivity index (χ0v) is 14.1. The van der Waals surface area contributed by atoms with Crippen LogP contribution < -0.4 is 11.0 Å². The van der Waals surface area contributed by atoms with Crippen LogP contribution in [-0.2, 0) is 11.3 Å². The Morgan fingerprint density at radius 1 is 1.20 bits per heavy atom. The number of fused-ring (bicyclic) bond motifs is 1. The number of nitrogens with zero attached hydrogens (tertiary/aromatic N) is 3. The maximum Gasteiger partial charge on any atom is 0.350 e. The van der Waals surface area contributed by atoms with Gasteiger partial charge >= 0.3 is 5.69 Å². The van der Waals surface area contributed by atoms with Crippen LogP contribution in [0.5, 0.6) is 0 Å². The van der Waals surface area contributed by atoms with Crippen molar-refractivity contribution in [2.75, 3.05) is 6.54 Å². The second kappa shape index (κ2) is 6.90. The minimum absolute atomic E-state index is 0.137. The van der Waals surface area contributed by atoms with Gasteiger partial charge in [0.1, 0.15) is 6.54 Å². The number of hydrogen-bond donors (Lipinski definition) is 2. The molecule has 2 aromatic heterocycles. The molecule has 3 aromatic rings. The lowest BCUT2D eigenvalue weighted by atomic mass is 10.1. The largest absolute Gasteiger partial charge is 0.392 e. The molecule has 0 bridgehead atoms. The Morgan fingerprint density at radius 2 is 1.88 bits per heavy atom. The fraction of sp³-hybridized carbons (Fsp3) is 0.278. The third kappa shape index (κ3) is 3.77. The highest BCUT2D eigenvalue weighted by Gasteiger charge is 2.12. The quantitative estimate of drug-likeness (QED) is 0.724. The van der Waals surface area contributed by atoms with Gasteiger partial charge in [-0.15, -0.1) is 5.10 Å². The van der Waals surface area contributed by atoms with E-state index < -0.39 is 6.10 Å². The van der Waals surface area contributed by atoms with Crippen molar-refractivity contribution in [1.29, 1.82) is 0 Å². The summed E-state index contributed by atoms with van der Waals surface area (Å²) in [6, 6.07) is 11.7. The number of rotatable bonds is 5. The summed E-state index contributed by atoms with van der Waals surface area (Å²) in [6.07, 6.45) is 1.08. The molecule has 1 amide bonds. The van der Waals surface area contributed by atoms with Crippen LogP contribution in [0.3, 0.4) is 0 Å². The molecular weight excluding hydrogens is 320 g/mol. The molecule has 0 saturated heterocycles. The van der Waals surface area contributed by atoms with Gasteiger partial charge < -0.3 is 10.4 Å². The van der Waals surface area contributed by atoms with Gasteiger partial charge in [0.25, 0.3) is 0 Å². The average molecular weight is 340 g/mol. The summed E-state index contributed by atoms with van der Waals surface area (Å²) in [5, 5.41) is 15.9. The Kier molecular flexibility index (Phi) is 4.67. The van der Waals surface area contributed by atoms with E-state index in [2.05, 4.69) is 10.4 Å². The molecule has 2 heterocycles.